The van der Waals surface area contributed by atoms with E-state index < -0.39 is 0 Å². The molecule has 1 fully saturated rings. The van der Waals surface area contributed by atoms with Crippen molar-refractivity contribution in [2.75, 3.05) is 33.7 Å². The Morgan fingerprint density at radius 3 is 2.95 bits per heavy atom. The van der Waals surface area contributed by atoms with E-state index in [4.69, 9.17) is 16.0 Å². The first-order valence-corrected chi connectivity index (χ1v) is 7.96. The molecule has 4 nitrogen and oxygen atoms in total. The van der Waals surface area contributed by atoms with E-state index in [0.717, 1.165) is 37.0 Å². The molecule has 0 N–H and O–H groups in total. The molecular weight excluding hydrogens is 300 g/mol. The van der Waals surface area contributed by atoms with Crippen molar-refractivity contribution >= 4 is 28.5 Å². The lowest BCUT2D eigenvalue weighted by molar-refractivity contribution is 0.0755. The number of carbonyl (C=O) groups excluding carboxylic acids is 1. The Morgan fingerprint density at radius 1 is 1.45 bits per heavy atom. The van der Waals surface area contributed by atoms with Crippen LogP contribution in [0.25, 0.3) is 11.0 Å². The minimum absolute atomic E-state index is 0.00826. The van der Waals surface area contributed by atoms with Crippen molar-refractivity contribution < 1.29 is 9.21 Å². The molecule has 5 heteroatoms. The number of furan rings is 1. The third-order valence-electron chi connectivity index (χ3n) is 4.29. The van der Waals surface area contributed by atoms with Gasteiger partial charge in [0.2, 0.25) is 0 Å². The zero-order valence-electron chi connectivity index (χ0n) is 13.2. The monoisotopic (exact) mass is 320 g/mol. The van der Waals surface area contributed by atoms with Crippen LogP contribution in [-0.4, -0.2) is 49.4 Å². The quantitative estimate of drug-likeness (QED) is 0.869. The van der Waals surface area contributed by atoms with Crippen LogP contribution in [0.3, 0.4) is 0 Å². The highest BCUT2D eigenvalue weighted by atomic mass is 35.5. The number of benzene rings is 1. The molecule has 0 bridgehead atoms. The SMILES string of the molecule is Cc1c(C(=O)N2CCC(CN(C)C)C2)oc2ccc(Cl)cc12. The lowest BCUT2D eigenvalue weighted by Crippen LogP contribution is -2.30. The topological polar surface area (TPSA) is 36.7 Å². The van der Waals surface area contributed by atoms with Gasteiger partial charge in [0.05, 0.1) is 0 Å². The van der Waals surface area contributed by atoms with Crippen LogP contribution in [0, 0.1) is 12.8 Å². The fraction of sp³-hybridized carbons (Fsp3) is 0.471. The molecule has 0 spiro atoms. The van der Waals surface area contributed by atoms with Crippen LogP contribution >= 0.6 is 11.6 Å². The summed E-state index contributed by atoms with van der Waals surface area (Å²) in [6.45, 7) is 4.53. The van der Waals surface area contributed by atoms with Crippen LogP contribution in [0.1, 0.15) is 22.5 Å². The zero-order valence-corrected chi connectivity index (χ0v) is 14.0. The van der Waals surface area contributed by atoms with Crippen molar-refractivity contribution in [3.63, 3.8) is 0 Å². The van der Waals surface area contributed by atoms with Gasteiger partial charge in [-0.1, -0.05) is 11.6 Å². The molecule has 1 saturated heterocycles. The number of halogens is 1. The number of hydrogen-bond donors (Lipinski definition) is 0. The molecule has 1 amide bonds. The second-order valence-electron chi connectivity index (χ2n) is 6.36. The van der Waals surface area contributed by atoms with Gasteiger partial charge in [-0.05, 0) is 51.6 Å². The molecule has 0 aliphatic carbocycles. The van der Waals surface area contributed by atoms with Gasteiger partial charge >= 0.3 is 0 Å². The summed E-state index contributed by atoms with van der Waals surface area (Å²) in [6, 6.07) is 5.45. The maximum absolute atomic E-state index is 12.7. The molecule has 0 saturated carbocycles. The van der Waals surface area contributed by atoms with E-state index in [-0.39, 0.29) is 5.91 Å². The summed E-state index contributed by atoms with van der Waals surface area (Å²) in [5.74, 6) is 0.979. The van der Waals surface area contributed by atoms with Crippen molar-refractivity contribution in [2.45, 2.75) is 13.3 Å². The van der Waals surface area contributed by atoms with Gasteiger partial charge in [0.15, 0.2) is 5.76 Å². The summed E-state index contributed by atoms with van der Waals surface area (Å²) in [7, 11) is 4.13. The van der Waals surface area contributed by atoms with Crippen LogP contribution in [0.15, 0.2) is 22.6 Å². The Balaban J connectivity index is 1.82. The van der Waals surface area contributed by atoms with Gasteiger partial charge in [0.25, 0.3) is 5.91 Å². The van der Waals surface area contributed by atoms with Crippen molar-refractivity contribution in [1.82, 2.24) is 9.80 Å². The maximum Gasteiger partial charge on any atom is 0.289 e. The number of nitrogens with zero attached hydrogens (tertiary/aromatic N) is 2. The molecule has 1 unspecified atom stereocenters. The van der Waals surface area contributed by atoms with E-state index in [9.17, 15) is 4.79 Å². The summed E-state index contributed by atoms with van der Waals surface area (Å²) in [6.07, 6.45) is 1.05. The molecule has 2 heterocycles. The minimum atomic E-state index is -0.00826. The van der Waals surface area contributed by atoms with Crippen molar-refractivity contribution in [3.8, 4) is 0 Å². The van der Waals surface area contributed by atoms with Crippen molar-refractivity contribution in [2.24, 2.45) is 5.92 Å². The van der Waals surface area contributed by atoms with Crippen LogP contribution < -0.4 is 0 Å². The minimum Gasteiger partial charge on any atom is -0.451 e. The molecular formula is C17H21ClN2O2. The Morgan fingerprint density at radius 2 is 2.23 bits per heavy atom. The van der Waals surface area contributed by atoms with E-state index in [1.807, 2.05) is 24.0 Å². The normalized spacial score (nSPS) is 18.6. The first-order valence-electron chi connectivity index (χ1n) is 7.58. The summed E-state index contributed by atoms with van der Waals surface area (Å²) in [5.41, 5.74) is 1.59. The van der Waals surface area contributed by atoms with Crippen LogP contribution in [-0.2, 0) is 0 Å². The van der Waals surface area contributed by atoms with E-state index in [2.05, 4.69) is 19.0 Å². The fourth-order valence-electron chi connectivity index (χ4n) is 3.22. The summed E-state index contributed by atoms with van der Waals surface area (Å²) in [4.78, 5) is 16.8. The lowest BCUT2D eigenvalue weighted by atomic mass is 10.1. The third-order valence-corrected chi connectivity index (χ3v) is 4.52. The zero-order chi connectivity index (χ0) is 15.9. The number of amides is 1. The number of hydrogen-bond acceptors (Lipinski definition) is 3. The number of carbonyl (C=O) groups is 1. The molecule has 1 atom stereocenters. The van der Waals surface area contributed by atoms with Gasteiger partial charge in [-0.2, -0.15) is 0 Å². The molecule has 22 heavy (non-hydrogen) atoms. The van der Waals surface area contributed by atoms with E-state index in [1.54, 1.807) is 6.07 Å². The number of fused-ring (bicyclic) bond motifs is 1. The van der Waals surface area contributed by atoms with Crippen molar-refractivity contribution in [3.05, 3.63) is 34.5 Å². The predicted molar refractivity (Wildman–Crippen MR) is 88.5 cm³/mol. The van der Waals surface area contributed by atoms with Gasteiger partial charge in [-0.15, -0.1) is 0 Å². The Hall–Kier alpha value is -1.52. The average Bonchev–Trinajstić information content (AvgIpc) is 3.03. The Kier molecular flexibility index (Phi) is 4.15. The van der Waals surface area contributed by atoms with Gasteiger partial charge in [-0.25, -0.2) is 0 Å². The highest BCUT2D eigenvalue weighted by molar-refractivity contribution is 6.31. The maximum atomic E-state index is 12.7. The van der Waals surface area contributed by atoms with Crippen LogP contribution in [0.5, 0.6) is 0 Å². The van der Waals surface area contributed by atoms with Gasteiger partial charge in [0, 0.05) is 35.6 Å². The molecule has 0 radical (unpaired) electrons. The van der Waals surface area contributed by atoms with Gasteiger partial charge < -0.3 is 14.2 Å². The highest BCUT2D eigenvalue weighted by Crippen LogP contribution is 2.30. The average molecular weight is 321 g/mol. The molecule has 1 aliphatic rings. The van der Waals surface area contributed by atoms with E-state index in [0.29, 0.717) is 22.3 Å². The highest BCUT2D eigenvalue weighted by Gasteiger charge is 2.30. The molecule has 1 aromatic carbocycles. The first-order chi connectivity index (χ1) is 10.5. The van der Waals surface area contributed by atoms with E-state index >= 15 is 0 Å². The second kappa shape index (κ2) is 5.94. The Labute approximate surface area is 135 Å². The van der Waals surface area contributed by atoms with Gasteiger partial charge in [0.1, 0.15) is 5.58 Å². The summed E-state index contributed by atoms with van der Waals surface area (Å²) in [5, 5.41) is 1.57. The number of likely N-dealkylation sites (tertiary alicyclic amines) is 1. The van der Waals surface area contributed by atoms with Crippen molar-refractivity contribution in [1.29, 1.82) is 0 Å². The molecule has 118 valence electrons. The lowest BCUT2D eigenvalue weighted by Gasteiger charge is -2.17. The first kappa shape index (κ1) is 15.4. The fourth-order valence-corrected chi connectivity index (χ4v) is 3.40. The number of rotatable bonds is 3. The smallest absolute Gasteiger partial charge is 0.289 e. The molecule has 2 aromatic rings. The predicted octanol–water partition coefficient (Wildman–Crippen LogP) is 3.42. The Bertz CT molecular complexity index is 708. The molecule has 1 aromatic heterocycles. The largest absolute Gasteiger partial charge is 0.451 e. The summed E-state index contributed by atoms with van der Waals surface area (Å²) < 4.78 is 5.78. The van der Waals surface area contributed by atoms with Crippen LogP contribution in [0.2, 0.25) is 5.02 Å². The summed E-state index contributed by atoms with van der Waals surface area (Å²) >= 11 is 6.03. The molecule has 3 rings (SSSR count). The number of aryl methyl sites for hydroxylation is 1. The second-order valence-corrected chi connectivity index (χ2v) is 6.80. The van der Waals surface area contributed by atoms with E-state index in [1.165, 1.54) is 0 Å². The standard InChI is InChI=1S/C17H21ClN2O2/c1-11-14-8-13(18)4-5-15(14)22-16(11)17(21)20-7-6-12(10-20)9-19(2)3/h4-5,8,12H,6-7,9-10H2,1-3H3. The third kappa shape index (κ3) is 2.85. The van der Waals surface area contributed by atoms with Gasteiger partial charge in [-0.3, -0.25) is 4.79 Å². The molecule has 1 aliphatic heterocycles. The van der Waals surface area contributed by atoms with Crippen LogP contribution in [0.4, 0.5) is 0 Å².